The number of benzene rings is 1. The van der Waals surface area contributed by atoms with Crippen LogP contribution >= 0.6 is 0 Å². The monoisotopic (exact) mass is 394 g/mol. The molecule has 1 fully saturated rings. The van der Waals surface area contributed by atoms with Crippen LogP contribution in [-0.2, 0) is 13.1 Å². The molecule has 29 heavy (non-hydrogen) atoms. The van der Waals surface area contributed by atoms with E-state index in [4.69, 9.17) is 0 Å². The van der Waals surface area contributed by atoms with Crippen LogP contribution in [0, 0.1) is 0 Å². The van der Waals surface area contributed by atoms with Crippen LogP contribution in [0.3, 0.4) is 0 Å². The number of aromatic nitrogens is 1. The maximum Gasteiger partial charge on any atom is 0.252 e. The topological polar surface area (TPSA) is 81.6 Å². The van der Waals surface area contributed by atoms with Crippen LogP contribution in [0.4, 0.5) is 0 Å². The fraction of sp³-hybridized carbons (Fsp3) is 0.409. The SMILES string of the molecule is CN=C(NCCNC(=O)c1cccnc1)NCc1ccc(CN2CCCC2)cc1. The van der Waals surface area contributed by atoms with Crippen LogP contribution in [0.2, 0.25) is 0 Å². The highest BCUT2D eigenvalue weighted by atomic mass is 16.1. The summed E-state index contributed by atoms with van der Waals surface area (Å²) >= 11 is 0. The van der Waals surface area contributed by atoms with Gasteiger partial charge in [0.1, 0.15) is 0 Å². The third kappa shape index (κ3) is 6.87. The van der Waals surface area contributed by atoms with E-state index in [1.807, 2.05) is 0 Å². The van der Waals surface area contributed by atoms with E-state index >= 15 is 0 Å². The van der Waals surface area contributed by atoms with Gasteiger partial charge in [-0.25, -0.2) is 0 Å². The van der Waals surface area contributed by atoms with E-state index in [0.29, 0.717) is 31.2 Å². The van der Waals surface area contributed by atoms with Crippen molar-refractivity contribution in [2.75, 3.05) is 33.2 Å². The molecule has 0 aliphatic carbocycles. The minimum atomic E-state index is -0.128. The molecule has 0 unspecified atom stereocenters. The number of hydrogen-bond donors (Lipinski definition) is 3. The largest absolute Gasteiger partial charge is 0.355 e. The predicted octanol–water partition coefficient (Wildman–Crippen LogP) is 1.77. The van der Waals surface area contributed by atoms with E-state index < -0.39 is 0 Å². The molecule has 1 amide bonds. The van der Waals surface area contributed by atoms with E-state index in [2.05, 4.69) is 55.1 Å². The lowest BCUT2D eigenvalue weighted by atomic mass is 10.1. The van der Waals surface area contributed by atoms with Gasteiger partial charge >= 0.3 is 0 Å². The summed E-state index contributed by atoms with van der Waals surface area (Å²) in [5, 5.41) is 9.37. The molecular weight excluding hydrogens is 364 g/mol. The van der Waals surface area contributed by atoms with Crippen molar-refractivity contribution in [1.82, 2.24) is 25.8 Å². The first-order valence-corrected chi connectivity index (χ1v) is 10.2. The highest BCUT2D eigenvalue weighted by Crippen LogP contribution is 2.13. The van der Waals surface area contributed by atoms with Gasteiger partial charge in [0.25, 0.3) is 5.91 Å². The van der Waals surface area contributed by atoms with Crippen LogP contribution in [0.1, 0.15) is 34.3 Å². The number of aliphatic imine (C=N–C) groups is 1. The predicted molar refractivity (Wildman–Crippen MR) is 116 cm³/mol. The zero-order chi connectivity index (χ0) is 20.3. The van der Waals surface area contributed by atoms with E-state index in [-0.39, 0.29) is 5.91 Å². The molecule has 0 radical (unpaired) electrons. The fourth-order valence-electron chi connectivity index (χ4n) is 3.32. The zero-order valence-corrected chi connectivity index (χ0v) is 17.0. The van der Waals surface area contributed by atoms with Gasteiger partial charge in [0.15, 0.2) is 5.96 Å². The Bertz CT molecular complexity index is 785. The Morgan fingerprint density at radius 2 is 1.76 bits per heavy atom. The summed E-state index contributed by atoms with van der Waals surface area (Å²) < 4.78 is 0. The van der Waals surface area contributed by atoms with Crippen molar-refractivity contribution in [2.45, 2.75) is 25.9 Å². The number of nitrogens with one attached hydrogen (secondary N) is 3. The average molecular weight is 395 g/mol. The zero-order valence-electron chi connectivity index (χ0n) is 17.0. The molecule has 7 heteroatoms. The second-order valence-corrected chi connectivity index (χ2v) is 7.15. The number of amides is 1. The van der Waals surface area contributed by atoms with Crippen LogP contribution < -0.4 is 16.0 Å². The second-order valence-electron chi connectivity index (χ2n) is 7.15. The molecule has 0 saturated carbocycles. The summed E-state index contributed by atoms with van der Waals surface area (Å²) in [4.78, 5) is 22.7. The normalized spacial score (nSPS) is 14.6. The number of nitrogens with zero attached hydrogens (tertiary/aromatic N) is 3. The minimum Gasteiger partial charge on any atom is -0.355 e. The third-order valence-corrected chi connectivity index (χ3v) is 4.94. The smallest absolute Gasteiger partial charge is 0.252 e. The number of carbonyl (C=O) groups is 1. The van der Waals surface area contributed by atoms with Crippen molar-refractivity contribution in [1.29, 1.82) is 0 Å². The number of rotatable bonds is 8. The first kappa shape index (κ1) is 20.8. The maximum atomic E-state index is 12.0. The Morgan fingerprint density at radius 3 is 2.45 bits per heavy atom. The molecule has 2 aromatic rings. The molecule has 1 aromatic heterocycles. The molecule has 0 atom stereocenters. The molecule has 1 aliphatic heterocycles. The van der Waals surface area contributed by atoms with Crippen LogP contribution in [0.15, 0.2) is 53.8 Å². The van der Waals surface area contributed by atoms with Gasteiger partial charge in [0, 0.05) is 45.6 Å². The van der Waals surface area contributed by atoms with Gasteiger partial charge < -0.3 is 16.0 Å². The molecular formula is C22H30N6O. The Labute approximate surface area is 172 Å². The molecule has 1 aromatic carbocycles. The molecule has 0 bridgehead atoms. The molecule has 3 N–H and O–H groups in total. The summed E-state index contributed by atoms with van der Waals surface area (Å²) in [6.07, 6.45) is 5.84. The van der Waals surface area contributed by atoms with Crippen molar-refractivity contribution in [3.8, 4) is 0 Å². The molecule has 3 rings (SSSR count). The number of likely N-dealkylation sites (tertiary alicyclic amines) is 1. The molecule has 154 valence electrons. The van der Waals surface area contributed by atoms with Crippen molar-refractivity contribution in [3.05, 3.63) is 65.5 Å². The van der Waals surface area contributed by atoms with Gasteiger partial charge in [0.05, 0.1) is 5.56 Å². The molecule has 2 heterocycles. The Balaban J connectivity index is 1.35. The Kier molecular flexibility index (Phi) is 8.01. The van der Waals surface area contributed by atoms with Crippen LogP contribution in [-0.4, -0.2) is 55.0 Å². The average Bonchev–Trinajstić information content (AvgIpc) is 3.28. The summed E-state index contributed by atoms with van der Waals surface area (Å²) in [6, 6.07) is 12.2. The van der Waals surface area contributed by atoms with Gasteiger partial charge in [-0.15, -0.1) is 0 Å². The fourth-order valence-corrected chi connectivity index (χ4v) is 3.32. The Hall–Kier alpha value is -2.93. The minimum absolute atomic E-state index is 0.128. The van der Waals surface area contributed by atoms with Crippen molar-refractivity contribution in [2.24, 2.45) is 4.99 Å². The second kappa shape index (κ2) is 11.2. The highest BCUT2D eigenvalue weighted by Gasteiger charge is 2.11. The Morgan fingerprint density at radius 1 is 1.03 bits per heavy atom. The molecule has 1 aliphatic rings. The molecule has 1 saturated heterocycles. The number of pyridine rings is 1. The first-order chi connectivity index (χ1) is 14.2. The van der Waals surface area contributed by atoms with Gasteiger partial charge in [0.2, 0.25) is 0 Å². The van der Waals surface area contributed by atoms with Crippen molar-refractivity contribution >= 4 is 11.9 Å². The summed E-state index contributed by atoms with van der Waals surface area (Å²) in [6.45, 7) is 5.26. The first-order valence-electron chi connectivity index (χ1n) is 10.2. The van der Waals surface area contributed by atoms with Gasteiger partial charge in [-0.2, -0.15) is 0 Å². The molecule has 0 spiro atoms. The van der Waals surface area contributed by atoms with E-state index in [1.165, 1.54) is 37.1 Å². The third-order valence-electron chi connectivity index (χ3n) is 4.94. The van der Waals surface area contributed by atoms with Crippen molar-refractivity contribution < 1.29 is 4.79 Å². The van der Waals surface area contributed by atoms with E-state index in [9.17, 15) is 4.79 Å². The maximum absolute atomic E-state index is 12.0. The quantitative estimate of drug-likeness (QED) is 0.361. The van der Waals surface area contributed by atoms with Crippen LogP contribution in [0.25, 0.3) is 0 Å². The van der Waals surface area contributed by atoms with Gasteiger partial charge in [-0.3, -0.25) is 19.7 Å². The van der Waals surface area contributed by atoms with E-state index in [1.54, 1.807) is 31.6 Å². The number of guanidine groups is 1. The summed E-state index contributed by atoms with van der Waals surface area (Å²) in [7, 11) is 1.74. The van der Waals surface area contributed by atoms with Gasteiger partial charge in [-0.05, 0) is 49.2 Å². The lowest BCUT2D eigenvalue weighted by Crippen LogP contribution is -2.41. The summed E-state index contributed by atoms with van der Waals surface area (Å²) in [5.74, 6) is 0.582. The van der Waals surface area contributed by atoms with Gasteiger partial charge in [-0.1, -0.05) is 24.3 Å². The summed E-state index contributed by atoms with van der Waals surface area (Å²) in [5.41, 5.74) is 3.13. The van der Waals surface area contributed by atoms with Crippen LogP contribution in [0.5, 0.6) is 0 Å². The lowest BCUT2D eigenvalue weighted by Gasteiger charge is -2.15. The standard InChI is InChI=1S/C22H30N6O/c1-23-22(26-12-11-25-21(29)20-5-4-10-24-16-20)27-15-18-6-8-19(9-7-18)17-28-13-2-3-14-28/h4-10,16H,2-3,11-15,17H2,1H3,(H,25,29)(H2,23,26,27). The van der Waals surface area contributed by atoms with Crippen molar-refractivity contribution in [3.63, 3.8) is 0 Å². The lowest BCUT2D eigenvalue weighted by molar-refractivity contribution is 0.0954. The molecule has 7 nitrogen and oxygen atoms in total. The number of carbonyl (C=O) groups excluding carboxylic acids is 1. The number of hydrogen-bond acceptors (Lipinski definition) is 4. The van der Waals surface area contributed by atoms with E-state index in [0.717, 1.165) is 6.54 Å². The highest BCUT2D eigenvalue weighted by molar-refractivity contribution is 5.93.